The first-order chi connectivity index (χ1) is 10.7. The largest absolute Gasteiger partial charge is 0.312 e. The van der Waals surface area contributed by atoms with Gasteiger partial charge in [0.15, 0.2) is 0 Å². The molecule has 6 atom stereocenters. The lowest BCUT2D eigenvalue weighted by atomic mass is 10.0. The van der Waals surface area contributed by atoms with Crippen LogP contribution >= 0.6 is 37.0 Å². The van der Waals surface area contributed by atoms with Gasteiger partial charge < -0.3 is 10.6 Å². The summed E-state index contributed by atoms with van der Waals surface area (Å²) in [4.78, 5) is 2.34. The molecule has 3 fully saturated rings. The Balaban J connectivity index is 1.37. The SMILES string of the molecule is F[C@H]1CN(C2CNC(CSC3CN[C@@H](CS)C3)C2)CC[C@H]1S. The molecule has 0 amide bonds. The van der Waals surface area contributed by atoms with Gasteiger partial charge in [0.1, 0.15) is 6.17 Å². The number of alkyl halides is 1. The topological polar surface area (TPSA) is 27.3 Å². The van der Waals surface area contributed by atoms with Gasteiger partial charge in [-0.25, -0.2) is 4.39 Å². The Morgan fingerprint density at radius 2 is 2.00 bits per heavy atom. The van der Waals surface area contributed by atoms with Crippen LogP contribution in [0.4, 0.5) is 4.39 Å². The lowest BCUT2D eigenvalue weighted by Gasteiger charge is -2.36. The van der Waals surface area contributed by atoms with Gasteiger partial charge in [-0.2, -0.15) is 37.0 Å². The molecule has 3 saturated heterocycles. The molecule has 0 spiro atoms. The number of piperidine rings is 1. The van der Waals surface area contributed by atoms with Gasteiger partial charge in [0.2, 0.25) is 0 Å². The van der Waals surface area contributed by atoms with Gasteiger partial charge in [0.25, 0.3) is 0 Å². The highest BCUT2D eigenvalue weighted by molar-refractivity contribution is 8.00. The van der Waals surface area contributed by atoms with Crippen LogP contribution in [0.25, 0.3) is 0 Å². The van der Waals surface area contributed by atoms with Crippen molar-refractivity contribution >= 4 is 37.0 Å². The standard InChI is InChI=1S/C15H28FN3S3/c16-14-7-19(2-1-15(14)21)12-3-11(17-5-12)9-22-13-4-10(8-20)18-6-13/h10-15,17-18,20-21H,1-9H2/t10-,11?,12?,13?,14+,15-/m1/s1. The van der Waals surface area contributed by atoms with Crippen LogP contribution in [0, 0.1) is 0 Å². The molecule has 22 heavy (non-hydrogen) atoms. The van der Waals surface area contributed by atoms with Gasteiger partial charge in [-0.3, -0.25) is 4.90 Å². The first kappa shape index (κ1) is 17.7. The Hall–Kier alpha value is 0.860. The molecule has 3 aliphatic heterocycles. The van der Waals surface area contributed by atoms with Crippen molar-refractivity contribution in [1.82, 2.24) is 15.5 Å². The van der Waals surface area contributed by atoms with E-state index in [1.165, 1.54) is 12.2 Å². The van der Waals surface area contributed by atoms with Crippen LogP contribution in [0.15, 0.2) is 0 Å². The molecule has 0 aromatic rings. The lowest BCUT2D eigenvalue weighted by Crippen LogP contribution is -2.48. The molecule has 0 saturated carbocycles. The zero-order valence-corrected chi connectivity index (χ0v) is 15.6. The number of thiol groups is 2. The number of nitrogens with one attached hydrogen (secondary N) is 2. The molecular formula is C15H28FN3S3. The summed E-state index contributed by atoms with van der Waals surface area (Å²) in [5, 5.41) is 7.83. The van der Waals surface area contributed by atoms with Gasteiger partial charge >= 0.3 is 0 Å². The third kappa shape index (κ3) is 4.48. The second kappa shape index (κ2) is 8.30. The van der Waals surface area contributed by atoms with E-state index in [2.05, 4.69) is 52.6 Å². The third-order valence-corrected chi connectivity index (χ3v) is 7.64. The van der Waals surface area contributed by atoms with Crippen molar-refractivity contribution in [3.05, 3.63) is 0 Å². The van der Waals surface area contributed by atoms with Crippen molar-refractivity contribution in [1.29, 1.82) is 0 Å². The van der Waals surface area contributed by atoms with Gasteiger partial charge in [-0.15, -0.1) is 0 Å². The molecule has 7 heteroatoms. The van der Waals surface area contributed by atoms with Crippen molar-refractivity contribution in [2.75, 3.05) is 37.7 Å². The number of likely N-dealkylation sites (tertiary alicyclic amines) is 1. The van der Waals surface area contributed by atoms with Crippen molar-refractivity contribution in [2.24, 2.45) is 0 Å². The zero-order chi connectivity index (χ0) is 15.5. The van der Waals surface area contributed by atoms with Crippen LogP contribution in [-0.2, 0) is 0 Å². The highest BCUT2D eigenvalue weighted by Gasteiger charge is 2.35. The van der Waals surface area contributed by atoms with E-state index in [9.17, 15) is 4.39 Å². The van der Waals surface area contributed by atoms with Crippen LogP contribution in [-0.4, -0.2) is 77.4 Å². The number of halogens is 1. The van der Waals surface area contributed by atoms with E-state index in [1.54, 1.807) is 0 Å². The van der Waals surface area contributed by atoms with Crippen LogP contribution in [0.3, 0.4) is 0 Å². The molecule has 3 heterocycles. The van der Waals surface area contributed by atoms with E-state index in [1.807, 2.05) is 0 Å². The quantitative estimate of drug-likeness (QED) is 0.555. The maximum atomic E-state index is 13.8. The summed E-state index contributed by atoms with van der Waals surface area (Å²) in [5.41, 5.74) is 0. The van der Waals surface area contributed by atoms with Crippen molar-refractivity contribution in [3.63, 3.8) is 0 Å². The van der Waals surface area contributed by atoms with Crippen molar-refractivity contribution < 1.29 is 4.39 Å². The fraction of sp³-hybridized carbons (Fsp3) is 1.00. The molecule has 0 aromatic heterocycles. The average molecular weight is 366 g/mol. The van der Waals surface area contributed by atoms with Crippen molar-refractivity contribution in [2.45, 2.75) is 54.1 Å². The minimum Gasteiger partial charge on any atom is -0.312 e. The second-order valence-corrected chi connectivity index (χ2v) is 9.20. The monoisotopic (exact) mass is 365 g/mol. The molecule has 3 rings (SSSR count). The number of thioether (sulfide) groups is 1. The molecule has 0 radical (unpaired) electrons. The minimum atomic E-state index is -0.770. The zero-order valence-electron chi connectivity index (χ0n) is 13.0. The van der Waals surface area contributed by atoms with Crippen LogP contribution in [0.2, 0.25) is 0 Å². The molecule has 3 unspecified atom stereocenters. The Labute approximate surface area is 148 Å². The summed E-state index contributed by atoms with van der Waals surface area (Å²) in [5.74, 6) is 2.11. The predicted octanol–water partition coefficient (Wildman–Crippen LogP) is 1.45. The molecule has 0 aliphatic carbocycles. The number of hydrogen-bond donors (Lipinski definition) is 4. The van der Waals surface area contributed by atoms with E-state index in [0.717, 1.165) is 43.5 Å². The van der Waals surface area contributed by atoms with Gasteiger partial charge in [-0.05, 0) is 25.8 Å². The Bertz CT molecular complexity index is 363. The van der Waals surface area contributed by atoms with Crippen LogP contribution < -0.4 is 10.6 Å². The van der Waals surface area contributed by atoms with Gasteiger partial charge in [-0.1, -0.05) is 0 Å². The summed E-state index contributed by atoms with van der Waals surface area (Å²) < 4.78 is 13.8. The molecule has 2 N–H and O–H groups in total. The normalized spacial score (nSPS) is 43.8. The summed E-state index contributed by atoms with van der Waals surface area (Å²) in [6.07, 6.45) is 2.50. The minimum absolute atomic E-state index is 0.0633. The van der Waals surface area contributed by atoms with E-state index in [-0.39, 0.29) is 5.25 Å². The fourth-order valence-corrected chi connectivity index (χ4v) is 5.58. The van der Waals surface area contributed by atoms with E-state index < -0.39 is 6.17 Å². The summed E-state index contributed by atoms with van der Waals surface area (Å²) >= 11 is 10.8. The van der Waals surface area contributed by atoms with Gasteiger partial charge in [0, 0.05) is 59.8 Å². The molecule has 3 nitrogen and oxygen atoms in total. The molecule has 3 aliphatic rings. The average Bonchev–Trinajstić information content (AvgIpc) is 3.16. The third-order valence-electron chi connectivity index (χ3n) is 5.19. The lowest BCUT2D eigenvalue weighted by molar-refractivity contribution is 0.110. The Kier molecular flexibility index (Phi) is 6.67. The number of nitrogens with zero attached hydrogens (tertiary/aromatic N) is 1. The summed E-state index contributed by atoms with van der Waals surface area (Å²) in [6.45, 7) is 3.69. The predicted molar refractivity (Wildman–Crippen MR) is 101 cm³/mol. The Morgan fingerprint density at radius 1 is 1.18 bits per heavy atom. The van der Waals surface area contributed by atoms with Crippen LogP contribution in [0.1, 0.15) is 19.3 Å². The smallest absolute Gasteiger partial charge is 0.124 e. The first-order valence-corrected chi connectivity index (χ1v) is 10.6. The number of hydrogen-bond acceptors (Lipinski definition) is 6. The highest BCUT2D eigenvalue weighted by Crippen LogP contribution is 2.27. The number of rotatable bonds is 5. The van der Waals surface area contributed by atoms with Crippen molar-refractivity contribution in [3.8, 4) is 0 Å². The van der Waals surface area contributed by atoms with E-state index >= 15 is 0 Å². The summed E-state index contributed by atoms with van der Waals surface area (Å²) in [6, 6.07) is 1.68. The second-order valence-electron chi connectivity index (χ2n) is 6.84. The van der Waals surface area contributed by atoms with Gasteiger partial charge in [0.05, 0.1) is 0 Å². The molecule has 128 valence electrons. The molecule has 0 bridgehead atoms. The van der Waals surface area contributed by atoms with Crippen LogP contribution in [0.5, 0.6) is 0 Å². The van der Waals surface area contributed by atoms with E-state index in [4.69, 9.17) is 0 Å². The molecular weight excluding hydrogens is 337 g/mol. The fourth-order valence-electron chi connectivity index (χ4n) is 3.75. The summed E-state index contributed by atoms with van der Waals surface area (Å²) in [7, 11) is 0. The first-order valence-electron chi connectivity index (χ1n) is 8.41. The van der Waals surface area contributed by atoms with E-state index in [0.29, 0.717) is 24.7 Å². The molecule has 0 aromatic carbocycles. The highest BCUT2D eigenvalue weighted by atomic mass is 32.2. The Morgan fingerprint density at radius 3 is 2.73 bits per heavy atom. The maximum Gasteiger partial charge on any atom is 0.124 e. The maximum absolute atomic E-state index is 13.8.